The van der Waals surface area contributed by atoms with Crippen LogP contribution in [0.2, 0.25) is 0 Å². The Morgan fingerprint density at radius 1 is 1.19 bits per heavy atom. The van der Waals surface area contributed by atoms with E-state index in [1.807, 2.05) is 19.2 Å². The third kappa shape index (κ3) is 5.03. The van der Waals surface area contributed by atoms with Gasteiger partial charge in [0.25, 0.3) is 0 Å². The minimum Gasteiger partial charge on any atom is -0.495 e. The number of hydrogen-bond donors (Lipinski definition) is 1. The van der Waals surface area contributed by atoms with Gasteiger partial charge >= 0.3 is 0 Å². The number of hydrogen-bond acceptors (Lipinski definition) is 6. The van der Waals surface area contributed by atoms with Crippen molar-refractivity contribution in [3.8, 4) is 5.75 Å². The summed E-state index contributed by atoms with van der Waals surface area (Å²) in [5.41, 5.74) is 2.86. The molecule has 144 valence electrons. The highest BCUT2D eigenvalue weighted by molar-refractivity contribution is 7.89. The molecule has 0 aliphatic carbocycles. The maximum absolute atomic E-state index is 12.7. The number of aryl methyl sites for hydroxylation is 2. The van der Waals surface area contributed by atoms with Gasteiger partial charge in [-0.05, 0) is 50.2 Å². The number of sulfonamides is 1. The molecule has 0 unspecified atom stereocenters. The monoisotopic (exact) mass is 397 g/mol. The molecule has 8 heteroatoms. The fourth-order valence-electron chi connectivity index (χ4n) is 2.55. The quantitative estimate of drug-likeness (QED) is 0.704. The van der Waals surface area contributed by atoms with E-state index in [4.69, 9.17) is 4.74 Å². The van der Waals surface area contributed by atoms with E-state index in [2.05, 4.69) is 28.5 Å². The van der Waals surface area contributed by atoms with E-state index >= 15 is 0 Å². The normalized spacial score (nSPS) is 11.9. The van der Waals surface area contributed by atoms with Crippen LogP contribution in [0.5, 0.6) is 5.75 Å². The molecule has 0 bridgehead atoms. The molecular formula is C18H27N3O3S2. The molecule has 2 rings (SSSR count). The first-order valence-electron chi connectivity index (χ1n) is 8.61. The van der Waals surface area contributed by atoms with Crippen LogP contribution >= 0.6 is 11.3 Å². The van der Waals surface area contributed by atoms with Gasteiger partial charge in [0, 0.05) is 11.9 Å². The van der Waals surface area contributed by atoms with Gasteiger partial charge in [0.05, 0.1) is 19.3 Å². The standard InChI is InChI=1S/C18H27N3O3S2/c1-6-21(7-2)11-15-12-25-18(20-15)10-19-26(22,23)17-9-14(4)13(3)8-16(17)24-5/h8-9,12,19H,6-7,10-11H2,1-5H3. The molecule has 0 amide bonds. The van der Waals surface area contributed by atoms with Crippen molar-refractivity contribution in [2.75, 3.05) is 20.2 Å². The highest BCUT2D eigenvalue weighted by atomic mass is 32.2. The Labute approximate surface area is 160 Å². The maximum Gasteiger partial charge on any atom is 0.244 e. The summed E-state index contributed by atoms with van der Waals surface area (Å²) in [6.45, 7) is 10.9. The molecule has 1 aromatic carbocycles. The first-order valence-corrected chi connectivity index (χ1v) is 11.0. The lowest BCUT2D eigenvalue weighted by atomic mass is 10.1. The number of rotatable bonds is 9. The van der Waals surface area contributed by atoms with Crippen molar-refractivity contribution in [1.82, 2.24) is 14.6 Å². The minimum atomic E-state index is -3.68. The molecule has 0 saturated heterocycles. The molecule has 1 N–H and O–H groups in total. The fraction of sp³-hybridized carbons (Fsp3) is 0.500. The molecule has 0 saturated carbocycles. The Morgan fingerprint density at radius 3 is 2.46 bits per heavy atom. The molecule has 1 heterocycles. The van der Waals surface area contributed by atoms with Crippen molar-refractivity contribution in [3.05, 3.63) is 39.3 Å². The summed E-state index contributed by atoms with van der Waals surface area (Å²) in [5, 5.41) is 2.73. The molecule has 1 aromatic heterocycles. The van der Waals surface area contributed by atoms with Crippen molar-refractivity contribution in [2.24, 2.45) is 0 Å². The predicted molar refractivity (Wildman–Crippen MR) is 105 cm³/mol. The Morgan fingerprint density at radius 2 is 1.85 bits per heavy atom. The Bertz CT molecular complexity index is 843. The highest BCUT2D eigenvalue weighted by Crippen LogP contribution is 2.27. The lowest BCUT2D eigenvalue weighted by Crippen LogP contribution is -2.24. The van der Waals surface area contributed by atoms with E-state index in [9.17, 15) is 8.42 Å². The van der Waals surface area contributed by atoms with Gasteiger partial charge in [0.1, 0.15) is 15.7 Å². The van der Waals surface area contributed by atoms with Crippen LogP contribution in [0, 0.1) is 13.8 Å². The van der Waals surface area contributed by atoms with Crippen molar-refractivity contribution in [1.29, 1.82) is 0 Å². The average molecular weight is 398 g/mol. The van der Waals surface area contributed by atoms with E-state index < -0.39 is 10.0 Å². The number of thiazole rings is 1. The lowest BCUT2D eigenvalue weighted by Gasteiger charge is -2.15. The fourth-order valence-corrected chi connectivity index (χ4v) is 4.58. The van der Waals surface area contributed by atoms with Gasteiger partial charge in [-0.1, -0.05) is 13.8 Å². The van der Waals surface area contributed by atoms with Gasteiger partial charge in [0.2, 0.25) is 10.0 Å². The number of nitrogens with one attached hydrogen (secondary N) is 1. The van der Waals surface area contributed by atoms with Gasteiger partial charge in [-0.3, -0.25) is 4.90 Å². The van der Waals surface area contributed by atoms with Crippen LogP contribution in [0.4, 0.5) is 0 Å². The van der Waals surface area contributed by atoms with Crippen molar-refractivity contribution < 1.29 is 13.2 Å². The van der Waals surface area contributed by atoms with Crippen LogP contribution in [0.1, 0.15) is 35.7 Å². The topological polar surface area (TPSA) is 71.5 Å². The predicted octanol–water partition coefficient (Wildman–Crippen LogP) is 3.09. The summed E-state index contributed by atoms with van der Waals surface area (Å²) in [6.07, 6.45) is 0. The van der Waals surface area contributed by atoms with E-state index in [1.165, 1.54) is 18.4 Å². The second-order valence-electron chi connectivity index (χ2n) is 6.11. The Balaban J connectivity index is 2.12. The van der Waals surface area contributed by atoms with Crippen LogP contribution in [0.3, 0.4) is 0 Å². The molecule has 0 atom stereocenters. The van der Waals surface area contributed by atoms with Crippen LogP contribution in [-0.2, 0) is 23.1 Å². The number of aromatic nitrogens is 1. The molecule has 0 radical (unpaired) electrons. The third-order valence-electron chi connectivity index (χ3n) is 4.36. The van der Waals surface area contributed by atoms with Crippen LogP contribution in [-0.4, -0.2) is 38.5 Å². The van der Waals surface area contributed by atoms with E-state index in [0.29, 0.717) is 5.75 Å². The summed E-state index contributed by atoms with van der Waals surface area (Å²) in [4.78, 5) is 6.96. The van der Waals surface area contributed by atoms with Crippen molar-refractivity contribution in [2.45, 2.75) is 45.7 Å². The van der Waals surface area contributed by atoms with E-state index in [0.717, 1.165) is 41.5 Å². The zero-order chi connectivity index (χ0) is 19.3. The number of nitrogens with zero attached hydrogens (tertiary/aromatic N) is 2. The molecular weight excluding hydrogens is 370 g/mol. The Hall–Kier alpha value is -1.48. The molecule has 0 aliphatic heterocycles. The second-order valence-corrected chi connectivity index (χ2v) is 8.78. The second kappa shape index (κ2) is 8.94. The van der Waals surface area contributed by atoms with E-state index in [-0.39, 0.29) is 11.4 Å². The molecule has 0 spiro atoms. The van der Waals surface area contributed by atoms with E-state index in [1.54, 1.807) is 12.1 Å². The summed E-state index contributed by atoms with van der Waals surface area (Å²) in [5.74, 6) is 0.349. The van der Waals surface area contributed by atoms with Crippen LogP contribution in [0.15, 0.2) is 22.4 Å². The minimum absolute atomic E-state index is 0.156. The number of methoxy groups -OCH3 is 1. The third-order valence-corrected chi connectivity index (χ3v) is 6.68. The number of benzene rings is 1. The highest BCUT2D eigenvalue weighted by Gasteiger charge is 2.21. The summed E-state index contributed by atoms with van der Waals surface area (Å²) in [7, 11) is -2.21. The van der Waals surface area contributed by atoms with Gasteiger partial charge in [-0.25, -0.2) is 18.1 Å². The summed E-state index contributed by atoms with van der Waals surface area (Å²) >= 11 is 1.47. The average Bonchev–Trinajstić information content (AvgIpc) is 3.07. The van der Waals surface area contributed by atoms with Crippen molar-refractivity contribution >= 4 is 21.4 Å². The molecule has 0 aliphatic rings. The molecule has 26 heavy (non-hydrogen) atoms. The summed E-state index contributed by atoms with van der Waals surface area (Å²) < 4.78 is 33.3. The number of ether oxygens (including phenoxy) is 1. The zero-order valence-corrected chi connectivity index (χ0v) is 17.6. The SMILES string of the molecule is CCN(CC)Cc1csc(CNS(=O)(=O)c2cc(C)c(C)cc2OC)n1. The zero-order valence-electron chi connectivity index (χ0n) is 16.0. The van der Waals surface area contributed by atoms with Crippen molar-refractivity contribution in [3.63, 3.8) is 0 Å². The van der Waals surface area contributed by atoms with Crippen LogP contribution < -0.4 is 9.46 Å². The summed E-state index contributed by atoms with van der Waals surface area (Å²) in [6, 6.07) is 3.39. The Kier molecular flexibility index (Phi) is 7.16. The first-order chi connectivity index (χ1) is 12.3. The smallest absolute Gasteiger partial charge is 0.244 e. The molecule has 6 nitrogen and oxygen atoms in total. The van der Waals surface area contributed by atoms with Crippen LogP contribution in [0.25, 0.3) is 0 Å². The molecule has 0 fully saturated rings. The van der Waals surface area contributed by atoms with Gasteiger partial charge in [0.15, 0.2) is 0 Å². The van der Waals surface area contributed by atoms with Gasteiger partial charge in [-0.2, -0.15) is 0 Å². The maximum atomic E-state index is 12.7. The van der Waals surface area contributed by atoms with Gasteiger partial charge < -0.3 is 4.74 Å². The lowest BCUT2D eigenvalue weighted by molar-refractivity contribution is 0.292. The molecule has 2 aromatic rings. The van der Waals surface area contributed by atoms with Gasteiger partial charge in [-0.15, -0.1) is 11.3 Å². The first kappa shape index (κ1) is 20.8. The largest absolute Gasteiger partial charge is 0.495 e.